The molecule has 3 heterocycles. The molecule has 3 aromatic heterocycles. The van der Waals surface area contributed by atoms with Crippen LogP contribution in [0.3, 0.4) is 0 Å². The molecular formula is C57H37N5. The van der Waals surface area contributed by atoms with Crippen LogP contribution in [0.25, 0.3) is 111 Å². The molecule has 5 nitrogen and oxygen atoms in total. The number of nitrogens with zero attached hydrogens (tertiary/aromatic N) is 5. The normalized spacial score (nSPS) is 11.5. The van der Waals surface area contributed by atoms with Gasteiger partial charge in [0.2, 0.25) is 0 Å². The second-order valence-electron chi connectivity index (χ2n) is 15.6. The van der Waals surface area contributed by atoms with E-state index in [4.69, 9.17) is 15.0 Å². The molecule has 0 saturated carbocycles. The molecule has 0 aliphatic carbocycles. The van der Waals surface area contributed by atoms with E-state index in [1.165, 1.54) is 33.0 Å². The van der Waals surface area contributed by atoms with Crippen LogP contribution in [0.4, 0.5) is 0 Å². The summed E-state index contributed by atoms with van der Waals surface area (Å²) in [5, 5.41) is 4.63. The van der Waals surface area contributed by atoms with E-state index < -0.39 is 0 Å². The zero-order valence-electron chi connectivity index (χ0n) is 33.6. The van der Waals surface area contributed by atoms with E-state index in [2.05, 4.69) is 197 Å². The van der Waals surface area contributed by atoms with Crippen molar-refractivity contribution in [1.29, 1.82) is 0 Å². The van der Waals surface area contributed by atoms with E-state index in [1.807, 2.05) is 36.4 Å². The Morgan fingerprint density at radius 3 is 1.23 bits per heavy atom. The van der Waals surface area contributed by atoms with Crippen LogP contribution < -0.4 is 0 Å². The first-order valence-electron chi connectivity index (χ1n) is 20.9. The number of rotatable bonds is 7. The fourth-order valence-corrected chi connectivity index (χ4v) is 9.08. The summed E-state index contributed by atoms with van der Waals surface area (Å²) in [4.78, 5) is 15.8. The van der Waals surface area contributed by atoms with Crippen LogP contribution in [-0.2, 0) is 0 Å². The minimum absolute atomic E-state index is 0.600. The van der Waals surface area contributed by atoms with Crippen molar-refractivity contribution in [2.75, 3.05) is 0 Å². The Kier molecular flexibility index (Phi) is 8.42. The summed E-state index contributed by atoms with van der Waals surface area (Å²) in [5.41, 5.74) is 13.9. The van der Waals surface area contributed by atoms with Crippen LogP contribution in [0.1, 0.15) is 0 Å². The fourth-order valence-electron chi connectivity index (χ4n) is 9.08. The number of aromatic nitrogens is 5. The maximum atomic E-state index is 5.35. The van der Waals surface area contributed by atoms with E-state index in [1.54, 1.807) is 0 Å². The highest BCUT2D eigenvalue weighted by atomic mass is 15.1. The smallest absolute Gasteiger partial charge is 0.166 e. The molecule has 290 valence electrons. The van der Waals surface area contributed by atoms with Crippen molar-refractivity contribution < 1.29 is 0 Å². The minimum atomic E-state index is 0.600. The number of fused-ring (bicyclic) bond motifs is 6. The second kappa shape index (κ2) is 14.7. The quantitative estimate of drug-likeness (QED) is 0.162. The predicted octanol–water partition coefficient (Wildman–Crippen LogP) is 14.4. The molecule has 0 atom stereocenters. The van der Waals surface area contributed by atoms with Crippen LogP contribution in [0.15, 0.2) is 224 Å². The van der Waals surface area contributed by atoms with Crippen molar-refractivity contribution in [3.8, 4) is 67.8 Å². The van der Waals surface area contributed by atoms with Gasteiger partial charge in [-0.1, -0.05) is 170 Å². The molecule has 9 aromatic carbocycles. The number of hydrogen-bond donors (Lipinski definition) is 0. The second-order valence-corrected chi connectivity index (χ2v) is 15.6. The predicted molar refractivity (Wildman–Crippen MR) is 256 cm³/mol. The summed E-state index contributed by atoms with van der Waals surface area (Å²) in [7, 11) is 0. The molecule has 62 heavy (non-hydrogen) atoms. The van der Waals surface area contributed by atoms with E-state index in [-0.39, 0.29) is 0 Å². The van der Waals surface area contributed by atoms with Crippen molar-refractivity contribution in [2.24, 2.45) is 0 Å². The monoisotopic (exact) mass is 791 g/mol. The molecule has 0 saturated heterocycles. The van der Waals surface area contributed by atoms with Gasteiger partial charge >= 0.3 is 0 Å². The highest BCUT2D eigenvalue weighted by Crippen LogP contribution is 2.43. The SMILES string of the molecule is c1ccc(-c2ccc3c(c2)c2cc(-c4ccccc4)ccc2n3-c2cc(-c3nc(-c4ccccc4)nc(-c4ccccc4)n3)c3c(c2)c2ccccc2n3-c2ccccc2)cc1. The molecule has 12 aromatic rings. The average Bonchev–Trinajstić information content (AvgIpc) is 3.87. The van der Waals surface area contributed by atoms with Gasteiger partial charge in [-0.2, -0.15) is 0 Å². The molecular weight excluding hydrogens is 755 g/mol. The average molecular weight is 792 g/mol. The van der Waals surface area contributed by atoms with E-state index in [9.17, 15) is 0 Å². The largest absolute Gasteiger partial charge is 0.309 e. The zero-order valence-corrected chi connectivity index (χ0v) is 33.6. The van der Waals surface area contributed by atoms with Gasteiger partial charge in [0.15, 0.2) is 17.5 Å². The third-order valence-corrected chi connectivity index (χ3v) is 11.9. The maximum absolute atomic E-state index is 5.35. The van der Waals surface area contributed by atoms with Crippen molar-refractivity contribution in [2.45, 2.75) is 0 Å². The van der Waals surface area contributed by atoms with E-state index >= 15 is 0 Å². The lowest BCUT2D eigenvalue weighted by atomic mass is 10.0. The molecule has 12 rings (SSSR count). The maximum Gasteiger partial charge on any atom is 0.166 e. The summed E-state index contributed by atoms with van der Waals surface area (Å²) in [6.07, 6.45) is 0. The Morgan fingerprint density at radius 2 is 0.694 bits per heavy atom. The van der Waals surface area contributed by atoms with Gasteiger partial charge in [-0.3, -0.25) is 0 Å². The highest BCUT2D eigenvalue weighted by Gasteiger charge is 2.23. The van der Waals surface area contributed by atoms with Gasteiger partial charge in [-0.25, -0.2) is 15.0 Å². The number of benzene rings is 9. The summed E-state index contributed by atoms with van der Waals surface area (Å²) < 4.78 is 4.78. The standard InChI is InChI=1S/C57H37N5/c1-6-18-38(19-7-1)42-30-32-52-47(34-42)48-35-43(39-20-8-2-9-21-39)31-33-53(48)61(52)45-36-49-46-28-16-17-29-51(46)62(44-26-14-5-15-27-44)54(49)50(37-45)57-59-55(40-22-10-3-11-23-40)58-56(60-57)41-24-12-4-13-25-41/h1-37H. The molecule has 0 bridgehead atoms. The van der Waals surface area contributed by atoms with Gasteiger partial charge in [-0.15, -0.1) is 0 Å². The Bertz CT molecular complexity index is 3440. The molecule has 0 aliphatic rings. The molecule has 0 spiro atoms. The van der Waals surface area contributed by atoms with Gasteiger partial charge in [-0.05, 0) is 76.9 Å². The molecule has 0 unspecified atom stereocenters. The van der Waals surface area contributed by atoms with Crippen molar-refractivity contribution in [3.05, 3.63) is 224 Å². The lowest BCUT2D eigenvalue weighted by Crippen LogP contribution is -2.03. The number of para-hydroxylation sites is 2. The Balaban J connectivity index is 1.20. The van der Waals surface area contributed by atoms with Crippen molar-refractivity contribution in [3.63, 3.8) is 0 Å². The molecule has 0 aliphatic heterocycles. The summed E-state index contributed by atoms with van der Waals surface area (Å²) >= 11 is 0. The molecule has 0 fully saturated rings. The summed E-state index contributed by atoms with van der Waals surface area (Å²) in [6.45, 7) is 0. The van der Waals surface area contributed by atoms with Crippen LogP contribution >= 0.6 is 0 Å². The van der Waals surface area contributed by atoms with Crippen LogP contribution in [0.5, 0.6) is 0 Å². The van der Waals surface area contributed by atoms with Crippen LogP contribution in [0, 0.1) is 0 Å². The van der Waals surface area contributed by atoms with Gasteiger partial charge in [0.05, 0.1) is 22.1 Å². The van der Waals surface area contributed by atoms with Gasteiger partial charge in [0.25, 0.3) is 0 Å². The van der Waals surface area contributed by atoms with Gasteiger partial charge in [0.1, 0.15) is 0 Å². The lowest BCUT2D eigenvalue weighted by molar-refractivity contribution is 1.07. The summed E-state index contributed by atoms with van der Waals surface area (Å²) in [6, 6.07) is 79.4. The molecule has 0 radical (unpaired) electrons. The Hall–Kier alpha value is -8.41. The fraction of sp³-hybridized carbons (Fsp3) is 0. The minimum Gasteiger partial charge on any atom is -0.309 e. The zero-order chi connectivity index (χ0) is 41.0. The first kappa shape index (κ1) is 35.5. The van der Waals surface area contributed by atoms with E-state index in [0.29, 0.717) is 17.5 Å². The van der Waals surface area contributed by atoms with Gasteiger partial charge in [0, 0.05) is 49.6 Å². The lowest BCUT2D eigenvalue weighted by Gasteiger charge is -2.15. The third-order valence-electron chi connectivity index (χ3n) is 11.9. The van der Waals surface area contributed by atoms with Crippen molar-refractivity contribution in [1.82, 2.24) is 24.1 Å². The summed E-state index contributed by atoms with van der Waals surface area (Å²) in [5.74, 6) is 1.84. The topological polar surface area (TPSA) is 48.5 Å². The Morgan fingerprint density at radius 1 is 0.258 bits per heavy atom. The highest BCUT2D eigenvalue weighted by molar-refractivity contribution is 6.16. The molecule has 5 heteroatoms. The van der Waals surface area contributed by atoms with Crippen molar-refractivity contribution >= 4 is 43.6 Å². The first-order chi connectivity index (χ1) is 30.7. The molecule has 0 N–H and O–H groups in total. The van der Waals surface area contributed by atoms with Gasteiger partial charge < -0.3 is 9.13 Å². The van der Waals surface area contributed by atoms with E-state index in [0.717, 1.165) is 60.9 Å². The third kappa shape index (κ3) is 5.98. The number of hydrogen-bond acceptors (Lipinski definition) is 3. The Labute approximate surface area is 358 Å². The first-order valence-corrected chi connectivity index (χ1v) is 20.9. The van der Waals surface area contributed by atoms with Crippen LogP contribution in [-0.4, -0.2) is 24.1 Å². The molecule has 0 amide bonds. The van der Waals surface area contributed by atoms with Crippen LogP contribution in [0.2, 0.25) is 0 Å².